The van der Waals surface area contributed by atoms with E-state index in [9.17, 15) is 10.2 Å². The van der Waals surface area contributed by atoms with Crippen LogP contribution in [-0.4, -0.2) is 41.6 Å². The Labute approximate surface area is 196 Å². The molecule has 4 aliphatic carbocycles. The van der Waals surface area contributed by atoms with E-state index in [1.807, 2.05) is 12.1 Å². The lowest BCUT2D eigenvalue weighted by molar-refractivity contribution is -0.213. The van der Waals surface area contributed by atoms with E-state index < -0.39 is 11.4 Å². The van der Waals surface area contributed by atoms with E-state index in [4.69, 9.17) is 9.47 Å². The molecular formula is C27H38O4S. The molecule has 0 spiro atoms. The Kier molecular flexibility index (Phi) is 5.93. The van der Waals surface area contributed by atoms with Crippen molar-refractivity contribution in [3.8, 4) is 5.75 Å². The van der Waals surface area contributed by atoms with E-state index in [0.717, 1.165) is 55.6 Å². The van der Waals surface area contributed by atoms with Crippen molar-refractivity contribution < 1.29 is 19.7 Å². The third kappa shape index (κ3) is 3.55. The minimum Gasteiger partial charge on any atom is -0.508 e. The molecule has 0 aliphatic heterocycles. The summed E-state index contributed by atoms with van der Waals surface area (Å²) in [4.78, 5) is 1.12. The minimum absolute atomic E-state index is 0.00632. The van der Waals surface area contributed by atoms with Crippen molar-refractivity contribution in [3.05, 3.63) is 35.4 Å². The largest absolute Gasteiger partial charge is 0.508 e. The predicted molar refractivity (Wildman–Crippen MR) is 128 cm³/mol. The van der Waals surface area contributed by atoms with Crippen LogP contribution in [0, 0.1) is 23.2 Å². The molecule has 0 unspecified atom stereocenters. The summed E-state index contributed by atoms with van der Waals surface area (Å²) < 4.78 is 11.6. The maximum absolute atomic E-state index is 11.9. The first-order valence-corrected chi connectivity index (χ1v) is 13.3. The number of aliphatic hydroxyl groups is 1. The van der Waals surface area contributed by atoms with Crippen LogP contribution in [0.5, 0.6) is 5.75 Å². The first kappa shape index (κ1) is 22.8. The van der Waals surface area contributed by atoms with Gasteiger partial charge in [0.15, 0.2) is 5.79 Å². The van der Waals surface area contributed by atoms with Crippen LogP contribution in [0.25, 0.3) is 0 Å². The lowest BCUT2D eigenvalue weighted by Gasteiger charge is -2.55. The fourth-order valence-electron chi connectivity index (χ4n) is 7.71. The van der Waals surface area contributed by atoms with Gasteiger partial charge in [0.1, 0.15) is 5.75 Å². The Morgan fingerprint density at radius 3 is 2.47 bits per heavy atom. The number of hydrogen-bond acceptors (Lipinski definition) is 5. The molecule has 1 aromatic rings. The van der Waals surface area contributed by atoms with Crippen LogP contribution in [0.3, 0.4) is 0 Å². The highest BCUT2D eigenvalue weighted by atomic mass is 32.2. The Bertz CT molecular complexity index is 876. The first-order chi connectivity index (χ1) is 15.3. The van der Waals surface area contributed by atoms with Crippen molar-refractivity contribution in [1.82, 2.24) is 0 Å². The molecule has 2 fully saturated rings. The van der Waals surface area contributed by atoms with Gasteiger partial charge in [-0.25, -0.2) is 0 Å². The number of benzene rings is 1. The maximum atomic E-state index is 11.9. The third-order valence-corrected chi connectivity index (χ3v) is 11.0. The van der Waals surface area contributed by atoms with Crippen LogP contribution < -0.4 is 0 Å². The van der Waals surface area contributed by atoms with Crippen molar-refractivity contribution in [2.45, 2.75) is 81.0 Å². The van der Waals surface area contributed by atoms with Gasteiger partial charge in [-0.05, 0) is 87.0 Å². The second-order valence-corrected chi connectivity index (χ2v) is 11.9. The van der Waals surface area contributed by atoms with Gasteiger partial charge in [0.2, 0.25) is 0 Å². The fraction of sp³-hybridized carbons (Fsp3) is 0.704. The number of hydrogen-bond donors (Lipinski definition) is 2. The summed E-state index contributed by atoms with van der Waals surface area (Å²) >= 11 is 1.73. The number of fused-ring (bicyclic) bond motifs is 4. The molecule has 2 saturated carbocycles. The van der Waals surface area contributed by atoms with Crippen molar-refractivity contribution in [2.24, 2.45) is 23.2 Å². The lowest BCUT2D eigenvalue weighted by atomic mass is 9.52. The number of methoxy groups -OCH3 is 2. The van der Waals surface area contributed by atoms with Gasteiger partial charge < -0.3 is 19.7 Å². The number of aromatic hydroxyl groups is 1. The van der Waals surface area contributed by atoms with Gasteiger partial charge >= 0.3 is 0 Å². The smallest absolute Gasteiger partial charge is 0.171 e. The molecule has 32 heavy (non-hydrogen) atoms. The molecule has 0 heterocycles. The topological polar surface area (TPSA) is 58.9 Å². The van der Waals surface area contributed by atoms with Crippen molar-refractivity contribution >= 4 is 11.8 Å². The van der Waals surface area contributed by atoms with Gasteiger partial charge in [0, 0.05) is 43.1 Å². The second kappa shape index (κ2) is 8.33. The molecule has 5 heteroatoms. The molecule has 0 aromatic heterocycles. The summed E-state index contributed by atoms with van der Waals surface area (Å²) in [5.41, 5.74) is 2.68. The molecule has 176 valence electrons. The SMILES string of the molecule is COC1(OC)CCC2=C(CC[C@@H]3[C@@H]2CC[C@@]2(C)[C@H]3CC[C@@]2(O)CSc2ccc(O)cc2)C1. The molecule has 0 saturated heterocycles. The third-order valence-electron chi connectivity index (χ3n) is 9.76. The highest BCUT2D eigenvalue weighted by molar-refractivity contribution is 7.99. The van der Waals surface area contributed by atoms with Crippen LogP contribution in [0.2, 0.25) is 0 Å². The molecule has 4 nitrogen and oxygen atoms in total. The lowest BCUT2D eigenvalue weighted by Crippen LogP contribution is -2.53. The summed E-state index contributed by atoms with van der Waals surface area (Å²) in [5.74, 6) is 2.61. The molecule has 1 aromatic carbocycles. The van der Waals surface area contributed by atoms with Crippen LogP contribution >= 0.6 is 11.8 Å². The number of allylic oxidation sites excluding steroid dienone is 1. The van der Waals surface area contributed by atoms with Crippen molar-refractivity contribution in [1.29, 1.82) is 0 Å². The maximum Gasteiger partial charge on any atom is 0.171 e. The summed E-state index contributed by atoms with van der Waals surface area (Å²) in [6.45, 7) is 2.38. The van der Waals surface area contributed by atoms with Gasteiger partial charge in [-0.3, -0.25) is 0 Å². The Morgan fingerprint density at radius 1 is 1.00 bits per heavy atom. The highest BCUT2D eigenvalue weighted by Crippen LogP contribution is 2.65. The second-order valence-electron chi connectivity index (χ2n) is 10.8. The molecule has 0 amide bonds. The summed E-state index contributed by atoms with van der Waals surface area (Å²) in [6, 6.07) is 7.37. The van der Waals surface area contributed by atoms with Gasteiger partial charge in [-0.2, -0.15) is 0 Å². The fourth-order valence-corrected chi connectivity index (χ4v) is 8.92. The monoisotopic (exact) mass is 458 g/mol. The zero-order chi connectivity index (χ0) is 22.6. The van der Waals surface area contributed by atoms with Crippen LogP contribution in [0.4, 0.5) is 0 Å². The molecule has 5 rings (SSSR count). The van der Waals surface area contributed by atoms with Gasteiger partial charge in [-0.15, -0.1) is 11.8 Å². The number of ether oxygens (including phenoxy) is 2. The zero-order valence-corrected chi connectivity index (χ0v) is 20.5. The molecule has 0 radical (unpaired) electrons. The number of phenolic OH excluding ortho intramolecular Hbond substituents is 1. The average Bonchev–Trinajstić information content (AvgIpc) is 3.09. The summed E-state index contributed by atoms with van der Waals surface area (Å²) in [5, 5.41) is 21.5. The van der Waals surface area contributed by atoms with E-state index in [-0.39, 0.29) is 5.41 Å². The number of phenols is 1. The molecule has 0 bridgehead atoms. The van der Waals surface area contributed by atoms with Crippen LogP contribution in [-0.2, 0) is 9.47 Å². The number of rotatable bonds is 5. The summed E-state index contributed by atoms with van der Waals surface area (Å²) in [7, 11) is 3.56. The van der Waals surface area contributed by atoms with Crippen LogP contribution in [0.1, 0.15) is 64.7 Å². The molecule has 5 atom stereocenters. The highest BCUT2D eigenvalue weighted by Gasteiger charge is 2.61. The quantitative estimate of drug-likeness (QED) is 0.326. The van der Waals surface area contributed by atoms with E-state index in [2.05, 4.69) is 6.92 Å². The molecule has 4 aliphatic rings. The van der Waals surface area contributed by atoms with Crippen molar-refractivity contribution in [2.75, 3.05) is 20.0 Å². The van der Waals surface area contributed by atoms with E-state index in [1.54, 1.807) is 49.3 Å². The Morgan fingerprint density at radius 2 is 1.75 bits per heavy atom. The Balaban J connectivity index is 1.33. The molecule has 2 N–H and O–H groups in total. The van der Waals surface area contributed by atoms with Gasteiger partial charge in [-0.1, -0.05) is 18.1 Å². The average molecular weight is 459 g/mol. The van der Waals surface area contributed by atoms with Gasteiger partial charge in [0.25, 0.3) is 0 Å². The summed E-state index contributed by atoms with van der Waals surface area (Å²) in [6.07, 6.45) is 9.76. The molecular weight excluding hydrogens is 420 g/mol. The Hall–Kier alpha value is -1.01. The van der Waals surface area contributed by atoms with E-state index in [1.165, 1.54) is 12.8 Å². The van der Waals surface area contributed by atoms with E-state index in [0.29, 0.717) is 23.5 Å². The first-order valence-electron chi connectivity index (χ1n) is 12.3. The normalized spacial score (nSPS) is 38.2. The van der Waals surface area contributed by atoms with Gasteiger partial charge in [0.05, 0.1) is 5.60 Å². The minimum atomic E-state index is -0.617. The standard InChI is InChI=1S/C27H38O4S/c1-25-13-10-22-21-11-15-27(30-2,31-3)16-18(21)4-9-23(22)24(25)12-14-26(25,29)17-32-20-7-5-19(28)6-8-20/h5-8,22-24,28-29H,4,9-17H2,1-3H3/t22-,23-,24+,25+,26-/m1/s1. The number of thioether (sulfide) groups is 1. The predicted octanol–water partition coefficient (Wildman–Crippen LogP) is 5.92. The van der Waals surface area contributed by atoms with Crippen LogP contribution in [0.15, 0.2) is 40.3 Å². The van der Waals surface area contributed by atoms with E-state index >= 15 is 0 Å². The van der Waals surface area contributed by atoms with Crippen molar-refractivity contribution in [3.63, 3.8) is 0 Å². The zero-order valence-electron chi connectivity index (χ0n) is 19.7.